The van der Waals surface area contributed by atoms with Crippen molar-refractivity contribution in [2.75, 3.05) is 13.1 Å². The summed E-state index contributed by atoms with van der Waals surface area (Å²) in [7, 11) is 0. The molecule has 2 saturated heterocycles. The van der Waals surface area contributed by atoms with Crippen molar-refractivity contribution in [3.63, 3.8) is 0 Å². The zero-order valence-corrected chi connectivity index (χ0v) is 9.87. The number of hydrogen-bond acceptors (Lipinski definition) is 5. The van der Waals surface area contributed by atoms with E-state index in [-0.39, 0.29) is 18.1 Å². The van der Waals surface area contributed by atoms with Gasteiger partial charge >= 0.3 is 0 Å². The number of aliphatic hydroxyl groups is 3. The number of fused-ring (bicyclic) bond motifs is 1. The standard InChI is InChI=1S/C11H22N2O3/c1-6(2)12-7-5-13-4-3-8(14)9(13)11(16)10(7)15/h6-12,14-16H,3-5H2,1-2H3/t7?,8?,9-,10?,11-/m1/s1. The number of nitrogens with zero attached hydrogens (tertiary/aromatic N) is 1. The molecule has 2 aliphatic rings. The number of piperidine rings is 1. The van der Waals surface area contributed by atoms with E-state index in [0.717, 1.165) is 6.54 Å². The molecule has 4 N–H and O–H groups in total. The SMILES string of the molecule is CC(C)NC1CN2CCC(O)[C@@H]2[C@@H](O)C1O. The van der Waals surface area contributed by atoms with Gasteiger partial charge in [-0.15, -0.1) is 0 Å². The Morgan fingerprint density at radius 2 is 1.88 bits per heavy atom. The van der Waals surface area contributed by atoms with Crippen LogP contribution < -0.4 is 5.32 Å². The van der Waals surface area contributed by atoms with Gasteiger partial charge in [0.25, 0.3) is 0 Å². The largest absolute Gasteiger partial charge is 0.391 e. The maximum Gasteiger partial charge on any atom is 0.0994 e. The van der Waals surface area contributed by atoms with Gasteiger partial charge in [0, 0.05) is 25.2 Å². The van der Waals surface area contributed by atoms with Crippen LogP contribution in [0.4, 0.5) is 0 Å². The number of hydrogen-bond donors (Lipinski definition) is 4. The van der Waals surface area contributed by atoms with Crippen LogP contribution in [0.15, 0.2) is 0 Å². The predicted octanol–water partition coefficient (Wildman–Crippen LogP) is -1.48. The molecule has 2 heterocycles. The minimum Gasteiger partial charge on any atom is -0.391 e. The van der Waals surface area contributed by atoms with Crippen molar-refractivity contribution in [1.82, 2.24) is 10.2 Å². The second kappa shape index (κ2) is 4.58. The van der Waals surface area contributed by atoms with Crippen LogP contribution in [0.2, 0.25) is 0 Å². The molecule has 0 radical (unpaired) electrons. The molecule has 3 unspecified atom stereocenters. The van der Waals surface area contributed by atoms with Crippen LogP contribution in [0.25, 0.3) is 0 Å². The van der Waals surface area contributed by atoms with Gasteiger partial charge in [0.2, 0.25) is 0 Å². The third kappa shape index (κ3) is 2.10. The molecule has 94 valence electrons. The van der Waals surface area contributed by atoms with E-state index in [9.17, 15) is 15.3 Å². The van der Waals surface area contributed by atoms with E-state index in [4.69, 9.17) is 0 Å². The Hall–Kier alpha value is -0.200. The van der Waals surface area contributed by atoms with Crippen LogP contribution in [0.1, 0.15) is 20.3 Å². The molecular formula is C11H22N2O3. The van der Waals surface area contributed by atoms with Gasteiger partial charge in [0.05, 0.1) is 24.4 Å². The Morgan fingerprint density at radius 3 is 2.50 bits per heavy atom. The molecule has 5 nitrogen and oxygen atoms in total. The molecule has 2 fully saturated rings. The van der Waals surface area contributed by atoms with E-state index >= 15 is 0 Å². The van der Waals surface area contributed by atoms with Crippen molar-refractivity contribution in [3.8, 4) is 0 Å². The second-order valence-electron chi connectivity index (χ2n) is 5.25. The fourth-order valence-corrected chi connectivity index (χ4v) is 2.90. The van der Waals surface area contributed by atoms with E-state index in [0.29, 0.717) is 13.0 Å². The molecule has 0 aromatic heterocycles. The predicted molar refractivity (Wildman–Crippen MR) is 60.1 cm³/mol. The highest BCUT2D eigenvalue weighted by molar-refractivity contribution is 5.03. The van der Waals surface area contributed by atoms with Crippen LogP contribution in [0, 0.1) is 0 Å². The summed E-state index contributed by atoms with van der Waals surface area (Å²) < 4.78 is 0. The molecule has 5 atom stereocenters. The van der Waals surface area contributed by atoms with Crippen molar-refractivity contribution >= 4 is 0 Å². The van der Waals surface area contributed by atoms with Gasteiger partial charge in [0.15, 0.2) is 0 Å². The monoisotopic (exact) mass is 230 g/mol. The van der Waals surface area contributed by atoms with Crippen LogP contribution in [-0.4, -0.2) is 69.7 Å². The molecular weight excluding hydrogens is 208 g/mol. The Kier molecular flexibility index (Phi) is 3.51. The van der Waals surface area contributed by atoms with Gasteiger partial charge in [-0.3, -0.25) is 4.90 Å². The van der Waals surface area contributed by atoms with Crippen LogP contribution in [0.3, 0.4) is 0 Å². The van der Waals surface area contributed by atoms with Gasteiger partial charge in [-0.25, -0.2) is 0 Å². The Bertz CT molecular complexity index is 249. The van der Waals surface area contributed by atoms with Gasteiger partial charge in [-0.05, 0) is 6.42 Å². The number of rotatable bonds is 2. The lowest BCUT2D eigenvalue weighted by Gasteiger charge is -2.43. The van der Waals surface area contributed by atoms with Crippen molar-refractivity contribution < 1.29 is 15.3 Å². The quantitative estimate of drug-likeness (QED) is 0.466. The lowest BCUT2D eigenvalue weighted by atomic mass is 9.91. The van der Waals surface area contributed by atoms with Crippen molar-refractivity contribution in [1.29, 1.82) is 0 Å². The maximum absolute atomic E-state index is 10.0. The summed E-state index contributed by atoms with van der Waals surface area (Å²) in [5.41, 5.74) is 0. The van der Waals surface area contributed by atoms with E-state index in [1.807, 2.05) is 13.8 Å². The third-order valence-electron chi connectivity index (χ3n) is 3.62. The first-order valence-corrected chi connectivity index (χ1v) is 6.05. The minimum atomic E-state index is -0.859. The van der Waals surface area contributed by atoms with Gasteiger partial charge < -0.3 is 20.6 Å². The molecule has 2 rings (SSSR count). The first kappa shape index (κ1) is 12.3. The summed E-state index contributed by atoms with van der Waals surface area (Å²) in [6, 6.07) is -0.132. The average Bonchev–Trinajstić information content (AvgIpc) is 2.55. The Balaban J connectivity index is 2.06. The van der Waals surface area contributed by atoms with Crippen LogP contribution in [0.5, 0.6) is 0 Å². The highest BCUT2D eigenvalue weighted by Crippen LogP contribution is 2.28. The zero-order valence-electron chi connectivity index (χ0n) is 9.87. The highest BCUT2D eigenvalue weighted by atomic mass is 16.3. The topological polar surface area (TPSA) is 76.0 Å². The lowest BCUT2D eigenvalue weighted by Crippen LogP contribution is -2.65. The fourth-order valence-electron chi connectivity index (χ4n) is 2.90. The van der Waals surface area contributed by atoms with E-state index in [2.05, 4.69) is 10.2 Å². The van der Waals surface area contributed by atoms with E-state index in [1.165, 1.54) is 0 Å². The molecule has 0 aromatic carbocycles. The van der Waals surface area contributed by atoms with Crippen molar-refractivity contribution in [2.24, 2.45) is 0 Å². The van der Waals surface area contributed by atoms with Gasteiger partial charge in [0.1, 0.15) is 0 Å². The van der Waals surface area contributed by atoms with Crippen LogP contribution in [-0.2, 0) is 0 Å². The fraction of sp³-hybridized carbons (Fsp3) is 1.00. The molecule has 5 heteroatoms. The summed E-state index contributed by atoms with van der Waals surface area (Å²) in [4.78, 5) is 2.07. The molecule has 0 amide bonds. The first-order valence-electron chi connectivity index (χ1n) is 6.05. The zero-order chi connectivity index (χ0) is 11.9. The average molecular weight is 230 g/mol. The molecule has 2 aliphatic heterocycles. The van der Waals surface area contributed by atoms with Crippen molar-refractivity contribution in [2.45, 2.75) is 56.7 Å². The summed E-state index contributed by atoms with van der Waals surface area (Å²) >= 11 is 0. The molecule has 0 saturated carbocycles. The normalized spacial score (nSPS) is 45.0. The first-order chi connectivity index (χ1) is 7.50. The molecule has 0 spiro atoms. The summed E-state index contributed by atoms with van der Waals surface area (Å²) in [5, 5.41) is 33.0. The summed E-state index contributed by atoms with van der Waals surface area (Å²) in [5.74, 6) is 0. The molecule has 0 aromatic rings. The van der Waals surface area contributed by atoms with E-state index in [1.54, 1.807) is 0 Å². The third-order valence-corrected chi connectivity index (χ3v) is 3.62. The van der Waals surface area contributed by atoms with Gasteiger partial charge in [-0.2, -0.15) is 0 Å². The maximum atomic E-state index is 10.0. The lowest BCUT2D eigenvalue weighted by molar-refractivity contribution is -0.102. The van der Waals surface area contributed by atoms with Crippen LogP contribution >= 0.6 is 0 Å². The summed E-state index contributed by atoms with van der Waals surface area (Å²) in [6.07, 6.45) is -1.48. The molecule has 0 aliphatic carbocycles. The number of aliphatic hydroxyl groups excluding tert-OH is 3. The summed E-state index contributed by atoms with van der Waals surface area (Å²) in [6.45, 7) is 5.53. The smallest absolute Gasteiger partial charge is 0.0994 e. The Morgan fingerprint density at radius 1 is 1.19 bits per heavy atom. The van der Waals surface area contributed by atoms with Gasteiger partial charge in [-0.1, -0.05) is 13.8 Å². The number of nitrogens with one attached hydrogen (secondary N) is 1. The Labute approximate surface area is 96.1 Å². The van der Waals surface area contributed by atoms with Crippen molar-refractivity contribution in [3.05, 3.63) is 0 Å². The molecule has 16 heavy (non-hydrogen) atoms. The minimum absolute atomic E-state index is 0.114. The van der Waals surface area contributed by atoms with E-state index < -0.39 is 18.3 Å². The highest BCUT2D eigenvalue weighted by Gasteiger charge is 2.47. The second-order valence-corrected chi connectivity index (χ2v) is 5.25. The molecule has 0 bridgehead atoms.